The van der Waals surface area contributed by atoms with Crippen molar-refractivity contribution < 1.29 is 4.79 Å². The Kier molecular flexibility index (Phi) is 3.98. The van der Waals surface area contributed by atoms with Crippen molar-refractivity contribution in [1.82, 2.24) is 9.97 Å². The maximum absolute atomic E-state index is 12.3. The Labute approximate surface area is 132 Å². The zero-order chi connectivity index (χ0) is 15.5. The van der Waals surface area contributed by atoms with Crippen LogP contribution in [0, 0.1) is 13.8 Å². The van der Waals surface area contributed by atoms with Crippen LogP contribution in [0.1, 0.15) is 21.5 Å². The summed E-state index contributed by atoms with van der Waals surface area (Å²) in [4.78, 5) is 20.9. The van der Waals surface area contributed by atoms with Crippen molar-refractivity contribution in [3.63, 3.8) is 0 Å². The van der Waals surface area contributed by atoms with E-state index < -0.39 is 0 Å². The molecule has 0 radical (unpaired) electrons. The first-order valence-electron chi connectivity index (χ1n) is 6.89. The van der Waals surface area contributed by atoms with Gasteiger partial charge in [0, 0.05) is 17.1 Å². The van der Waals surface area contributed by atoms with Crippen molar-refractivity contribution >= 4 is 22.4 Å². The minimum atomic E-state index is -0.148. The second-order valence-electron chi connectivity index (χ2n) is 5.01. The number of rotatable bonds is 3. The lowest BCUT2D eigenvalue weighted by Gasteiger charge is -2.04. The molecule has 0 aliphatic heterocycles. The molecule has 0 fully saturated rings. The largest absolute Gasteiger partial charge is 0.298 e. The lowest BCUT2D eigenvalue weighted by molar-refractivity contribution is 0.102. The number of nitrogens with one attached hydrogen (secondary N) is 1. The molecular formula is C17H15N3OS. The number of aromatic nitrogens is 2. The van der Waals surface area contributed by atoms with Gasteiger partial charge in [0.1, 0.15) is 5.69 Å². The molecule has 3 aromatic rings. The van der Waals surface area contributed by atoms with Gasteiger partial charge < -0.3 is 0 Å². The van der Waals surface area contributed by atoms with E-state index in [0.29, 0.717) is 10.7 Å². The van der Waals surface area contributed by atoms with Crippen molar-refractivity contribution in [1.29, 1.82) is 0 Å². The van der Waals surface area contributed by atoms with Gasteiger partial charge in [-0.25, -0.2) is 4.98 Å². The lowest BCUT2D eigenvalue weighted by Crippen LogP contribution is -2.12. The van der Waals surface area contributed by atoms with Gasteiger partial charge in [-0.05, 0) is 49.2 Å². The predicted octanol–water partition coefficient (Wildman–Crippen LogP) is 4.07. The molecule has 22 heavy (non-hydrogen) atoms. The highest BCUT2D eigenvalue weighted by atomic mass is 32.1. The fraction of sp³-hybridized carbons (Fsp3) is 0.118. The number of hydrogen-bond acceptors (Lipinski definition) is 4. The van der Waals surface area contributed by atoms with Crippen molar-refractivity contribution in [3.8, 4) is 11.4 Å². The standard InChI is InChI=1S/C17H15N3OS/c1-11-6-7-13(9-12(11)2)16(21)20-17-19-15(10-22-17)14-5-3-4-8-18-14/h3-10H,1-2H3,(H,19,20,21). The van der Waals surface area contributed by atoms with E-state index in [1.165, 1.54) is 16.9 Å². The zero-order valence-electron chi connectivity index (χ0n) is 12.3. The minimum absolute atomic E-state index is 0.148. The average molecular weight is 309 g/mol. The number of amides is 1. The third-order valence-corrected chi connectivity index (χ3v) is 4.18. The third-order valence-electron chi connectivity index (χ3n) is 3.42. The molecule has 3 rings (SSSR count). The summed E-state index contributed by atoms with van der Waals surface area (Å²) in [5.41, 5.74) is 4.47. The van der Waals surface area contributed by atoms with Crippen molar-refractivity contribution in [2.45, 2.75) is 13.8 Å². The number of pyridine rings is 1. The molecule has 2 heterocycles. The number of nitrogens with zero attached hydrogens (tertiary/aromatic N) is 2. The van der Waals surface area contributed by atoms with E-state index in [-0.39, 0.29) is 5.91 Å². The van der Waals surface area contributed by atoms with E-state index in [1.807, 2.05) is 55.6 Å². The van der Waals surface area contributed by atoms with Crippen LogP contribution in [-0.4, -0.2) is 15.9 Å². The number of hydrogen-bond donors (Lipinski definition) is 1. The molecule has 2 aromatic heterocycles. The van der Waals surface area contributed by atoms with E-state index in [1.54, 1.807) is 6.20 Å². The van der Waals surface area contributed by atoms with E-state index in [0.717, 1.165) is 17.0 Å². The first-order valence-corrected chi connectivity index (χ1v) is 7.77. The van der Waals surface area contributed by atoms with Crippen LogP contribution in [0.5, 0.6) is 0 Å². The molecule has 5 heteroatoms. The highest BCUT2D eigenvalue weighted by Crippen LogP contribution is 2.23. The van der Waals surface area contributed by atoms with Gasteiger partial charge in [-0.2, -0.15) is 0 Å². The molecule has 0 saturated carbocycles. The number of benzene rings is 1. The number of anilines is 1. The van der Waals surface area contributed by atoms with Gasteiger partial charge in [-0.15, -0.1) is 11.3 Å². The smallest absolute Gasteiger partial charge is 0.257 e. The zero-order valence-corrected chi connectivity index (χ0v) is 13.1. The van der Waals surface area contributed by atoms with Crippen LogP contribution in [0.3, 0.4) is 0 Å². The number of aryl methyl sites for hydroxylation is 2. The van der Waals surface area contributed by atoms with Gasteiger partial charge in [0.2, 0.25) is 0 Å². The monoisotopic (exact) mass is 309 g/mol. The molecule has 0 aliphatic rings. The summed E-state index contributed by atoms with van der Waals surface area (Å²) in [6.07, 6.45) is 1.72. The Morgan fingerprint density at radius 2 is 1.95 bits per heavy atom. The van der Waals surface area contributed by atoms with Gasteiger partial charge in [0.15, 0.2) is 5.13 Å². The maximum Gasteiger partial charge on any atom is 0.257 e. The first kappa shape index (κ1) is 14.4. The summed E-state index contributed by atoms with van der Waals surface area (Å²) in [5, 5.41) is 5.30. The first-order chi connectivity index (χ1) is 10.6. The van der Waals surface area contributed by atoms with Crippen molar-refractivity contribution in [3.05, 3.63) is 64.7 Å². The van der Waals surface area contributed by atoms with Gasteiger partial charge in [-0.1, -0.05) is 12.1 Å². The maximum atomic E-state index is 12.3. The van der Waals surface area contributed by atoms with Crippen LogP contribution in [-0.2, 0) is 0 Å². The quantitative estimate of drug-likeness (QED) is 0.793. The summed E-state index contributed by atoms with van der Waals surface area (Å²) in [7, 11) is 0. The molecule has 1 N–H and O–H groups in total. The van der Waals surface area contributed by atoms with E-state index in [2.05, 4.69) is 15.3 Å². The molecule has 0 saturated heterocycles. The van der Waals surface area contributed by atoms with E-state index >= 15 is 0 Å². The van der Waals surface area contributed by atoms with Crippen LogP contribution >= 0.6 is 11.3 Å². The molecule has 0 atom stereocenters. The molecule has 0 spiro atoms. The molecule has 1 amide bonds. The van der Waals surface area contributed by atoms with Gasteiger partial charge in [0.05, 0.1) is 5.69 Å². The highest BCUT2D eigenvalue weighted by molar-refractivity contribution is 7.14. The van der Waals surface area contributed by atoms with Crippen molar-refractivity contribution in [2.24, 2.45) is 0 Å². The topological polar surface area (TPSA) is 54.9 Å². The molecule has 0 bridgehead atoms. The number of carbonyl (C=O) groups excluding carboxylic acids is 1. The summed E-state index contributed by atoms with van der Waals surface area (Å²) in [6.45, 7) is 4.02. The summed E-state index contributed by atoms with van der Waals surface area (Å²) < 4.78 is 0. The highest BCUT2D eigenvalue weighted by Gasteiger charge is 2.11. The number of thiazole rings is 1. The minimum Gasteiger partial charge on any atom is -0.298 e. The van der Waals surface area contributed by atoms with Crippen LogP contribution in [0.15, 0.2) is 48.0 Å². The second-order valence-corrected chi connectivity index (χ2v) is 5.86. The lowest BCUT2D eigenvalue weighted by atomic mass is 10.1. The summed E-state index contributed by atoms with van der Waals surface area (Å²) in [5.74, 6) is -0.148. The van der Waals surface area contributed by atoms with E-state index in [9.17, 15) is 4.79 Å². The van der Waals surface area contributed by atoms with Gasteiger partial charge >= 0.3 is 0 Å². The number of carbonyl (C=O) groups is 1. The fourth-order valence-corrected chi connectivity index (χ4v) is 2.71. The average Bonchev–Trinajstić information content (AvgIpc) is 2.99. The Balaban J connectivity index is 1.77. The molecule has 1 aromatic carbocycles. The second kappa shape index (κ2) is 6.07. The molecule has 0 aliphatic carbocycles. The predicted molar refractivity (Wildman–Crippen MR) is 89.2 cm³/mol. The van der Waals surface area contributed by atoms with Gasteiger partial charge in [0.25, 0.3) is 5.91 Å². The SMILES string of the molecule is Cc1ccc(C(=O)Nc2nc(-c3ccccn3)cs2)cc1C. The van der Waals surface area contributed by atoms with Gasteiger partial charge in [-0.3, -0.25) is 15.1 Å². The normalized spacial score (nSPS) is 10.5. The van der Waals surface area contributed by atoms with Crippen molar-refractivity contribution in [2.75, 3.05) is 5.32 Å². The summed E-state index contributed by atoms with van der Waals surface area (Å²) in [6, 6.07) is 11.3. The van der Waals surface area contributed by atoms with Crippen LogP contribution in [0.4, 0.5) is 5.13 Å². The molecule has 0 unspecified atom stereocenters. The molecule has 110 valence electrons. The Morgan fingerprint density at radius 1 is 1.09 bits per heavy atom. The Morgan fingerprint density at radius 3 is 2.68 bits per heavy atom. The molecular weight excluding hydrogens is 294 g/mol. The fourth-order valence-electron chi connectivity index (χ4n) is 2.02. The molecule has 4 nitrogen and oxygen atoms in total. The summed E-state index contributed by atoms with van der Waals surface area (Å²) >= 11 is 1.39. The van der Waals surface area contributed by atoms with E-state index in [4.69, 9.17) is 0 Å². The third kappa shape index (κ3) is 3.04. The van der Waals surface area contributed by atoms with Crippen LogP contribution in [0.2, 0.25) is 0 Å². The van der Waals surface area contributed by atoms with Crippen LogP contribution in [0.25, 0.3) is 11.4 Å². The van der Waals surface area contributed by atoms with Crippen LogP contribution < -0.4 is 5.32 Å². The Hall–Kier alpha value is -2.53. The Bertz CT molecular complexity index is 812.